The Morgan fingerprint density at radius 1 is 1.41 bits per heavy atom. The molecule has 1 saturated carbocycles. The highest BCUT2D eigenvalue weighted by Gasteiger charge is 2.20. The maximum Gasteiger partial charge on any atom is 0.305 e. The van der Waals surface area contributed by atoms with Crippen LogP contribution in [-0.2, 0) is 14.3 Å². The third kappa shape index (κ3) is 6.03. The van der Waals surface area contributed by atoms with Crippen LogP contribution in [0.4, 0.5) is 0 Å². The number of ether oxygens (including phenoxy) is 2. The number of nitrogens with one attached hydrogen (secondary N) is 1. The minimum absolute atomic E-state index is 0.0901. The lowest BCUT2D eigenvalue weighted by Crippen LogP contribution is -2.37. The van der Waals surface area contributed by atoms with E-state index in [4.69, 9.17) is 9.47 Å². The van der Waals surface area contributed by atoms with E-state index >= 15 is 0 Å². The molecule has 1 fully saturated rings. The monoisotopic (exact) mass is 243 g/mol. The van der Waals surface area contributed by atoms with Crippen LogP contribution in [0.5, 0.6) is 0 Å². The van der Waals surface area contributed by atoms with Crippen molar-refractivity contribution >= 4 is 5.97 Å². The zero-order valence-electron chi connectivity index (χ0n) is 11.0. The highest BCUT2D eigenvalue weighted by Crippen LogP contribution is 2.20. The van der Waals surface area contributed by atoms with Crippen LogP contribution in [0.3, 0.4) is 0 Å². The zero-order valence-corrected chi connectivity index (χ0v) is 11.0. The van der Waals surface area contributed by atoms with E-state index in [2.05, 4.69) is 5.32 Å². The van der Waals surface area contributed by atoms with Gasteiger partial charge in [0.2, 0.25) is 0 Å². The van der Waals surface area contributed by atoms with Crippen LogP contribution >= 0.6 is 0 Å². The van der Waals surface area contributed by atoms with Gasteiger partial charge in [0.25, 0.3) is 0 Å². The first-order valence-corrected chi connectivity index (χ1v) is 6.68. The summed E-state index contributed by atoms with van der Waals surface area (Å²) in [5.41, 5.74) is 0. The molecule has 100 valence electrons. The topological polar surface area (TPSA) is 47.6 Å². The van der Waals surface area contributed by atoms with Gasteiger partial charge >= 0.3 is 5.97 Å². The molecule has 0 bridgehead atoms. The molecular weight excluding hydrogens is 218 g/mol. The molecule has 0 aromatic rings. The molecule has 0 aromatic heterocycles. The lowest BCUT2D eigenvalue weighted by Gasteiger charge is -2.28. The van der Waals surface area contributed by atoms with E-state index in [0.29, 0.717) is 25.2 Å². The van der Waals surface area contributed by atoms with E-state index in [-0.39, 0.29) is 5.97 Å². The number of carbonyl (C=O) groups is 1. The molecule has 1 aliphatic rings. The number of carbonyl (C=O) groups excluding carboxylic acids is 1. The van der Waals surface area contributed by atoms with Crippen molar-refractivity contribution in [2.24, 2.45) is 0 Å². The SMILES string of the molecule is CCOC(=O)CCCNC1CCCC(OC)C1. The number of esters is 1. The molecule has 2 atom stereocenters. The van der Waals surface area contributed by atoms with Gasteiger partial charge in [-0.15, -0.1) is 0 Å². The second kappa shape index (κ2) is 8.48. The molecule has 0 saturated heterocycles. The van der Waals surface area contributed by atoms with Crippen LogP contribution in [0.15, 0.2) is 0 Å². The molecule has 0 amide bonds. The lowest BCUT2D eigenvalue weighted by molar-refractivity contribution is -0.143. The maximum absolute atomic E-state index is 11.1. The summed E-state index contributed by atoms with van der Waals surface area (Å²) in [4.78, 5) is 11.1. The smallest absolute Gasteiger partial charge is 0.305 e. The lowest BCUT2D eigenvalue weighted by atomic mass is 9.93. The number of rotatable bonds is 7. The fraction of sp³-hybridized carbons (Fsp3) is 0.923. The normalized spacial score (nSPS) is 24.6. The second-order valence-corrected chi connectivity index (χ2v) is 4.58. The van der Waals surface area contributed by atoms with Crippen molar-refractivity contribution in [3.8, 4) is 0 Å². The fourth-order valence-corrected chi connectivity index (χ4v) is 2.32. The Hall–Kier alpha value is -0.610. The first-order chi connectivity index (χ1) is 8.26. The maximum atomic E-state index is 11.1. The van der Waals surface area contributed by atoms with Gasteiger partial charge < -0.3 is 14.8 Å². The van der Waals surface area contributed by atoms with Crippen LogP contribution in [-0.4, -0.2) is 38.4 Å². The fourth-order valence-electron chi connectivity index (χ4n) is 2.32. The van der Waals surface area contributed by atoms with Gasteiger partial charge in [-0.25, -0.2) is 0 Å². The third-order valence-electron chi connectivity index (χ3n) is 3.26. The van der Waals surface area contributed by atoms with Gasteiger partial charge in [-0.1, -0.05) is 0 Å². The third-order valence-corrected chi connectivity index (χ3v) is 3.26. The molecular formula is C13H25NO3. The predicted octanol–water partition coefficient (Wildman–Crippen LogP) is 1.88. The van der Waals surface area contributed by atoms with Crippen LogP contribution in [0.25, 0.3) is 0 Å². The van der Waals surface area contributed by atoms with Gasteiger partial charge in [0, 0.05) is 19.6 Å². The zero-order chi connectivity index (χ0) is 12.5. The summed E-state index contributed by atoms with van der Waals surface area (Å²) in [5.74, 6) is -0.0901. The largest absolute Gasteiger partial charge is 0.466 e. The molecule has 2 unspecified atom stereocenters. The molecule has 4 nitrogen and oxygen atoms in total. The molecule has 0 spiro atoms. The van der Waals surface area contributed by atoms with E-state index in [1.807, 2.05) is 6.92 Å². The Balaban J connectivity index is 2.04. The summed E-state index contributed by atoms with van der Waals surface area (Å²) >= 11 is 0. The predicted molar refractivity (Wildman–Crippen MR) is 66.9 cm³/mol. The summed E-state index contributed by atoms with van der Waals surface area (Å²) in [5, 5.41) is 3.50. The Morgan fingerprint density at radius 2 is 2.24 bits per heavy atom. The summed E-state index contributed by atoms with van der Waals surface area (Å²) in [6.07, 6.45) is 6.50. The average Bonchev–Trinajstić information content (AvgIpc) is 2.35. The van der Waals surface area contributed by atoms with Crippen LogP contribution in [0, 0.1) is 0 Å². The molecule has 1 rings (SSSR count). The van der Waals surface area contributed by atoms with Gasteiger partial charge in [-0.3, -0.25) is 4.79 Å². The summed E-state index contributed by atoms with van der Waals surface area (Å²) in [6.45, 7) is 3.20. The van der Waals surface area contributed by atoms with Gasteiger partial charge in [-0.05, 0) is 45.6 Å². The molecule has 4 heteroatoms. The van der Waals surface area contributed by atoms with Crippen molar-refractivity contribution in [2.75, 3.05) is 20.3 Å². The van der Waals surface area contributed by atoms with Crippen LogP contribution in [0.2, 0.25) is 0 Å². The Kier molecular flexibility index (Phi) is 7.21. The van der Waals surface area contributed by atoms with Crippen molar-refractivity contribution in [3.05, 3.63) is 0 Å². The average molecular weight is 243 g/mol. The van der Waals surface area contributed by atoms with E-state index in [0.717, 1.165) is 19.4 Å². The van der Waals surface area contributed by atoms with Crippen molar-refractivity contribution in [1.29, 1.82) is 0 Å². The summed E-state index contributed by atoms with van der Waals surface area (Å²) < 4.78 is 10.3. The highest BCUT2D eigenvalue weighted by molar-refractivity contribution is 5.69. The highest BCUT2D eigenvalue weighted by atomic mass is 16.5. The Bertz CT molecular complexity index is 221. The number of hydrogen-bond donors (Lipinski definition) is 1. The molecule has 0 heterocycles. The van der Waals surface area contributed by atoms with Gasteiger partial charge in [-0.2, -0.15) is 0 Å². The molecule has 0 radical (unpaired) electrons. The number of methoxy groups -OCH3 is 1. The molecule has 0 aliphatic heterocycles. The Labute approximate surface area is 104 Å². The Morgan fingerprint density at radius 3 is 2.94 bits per heavy atom. The molecule has 17 heavy (non-hydrogen) atoms. The van der Waals surface area contributed by atoms with Gasteiger partial charge in [0.05, 0.1) is 12.7 Å². The quantitative estimate of drug-likeness (QED) is 0.548. The first-order valence-electron chi connectivity index (χ1n) is 6.68. The van der Waals surface area contributed by atoms with E-state index in [1.54, 1.807) is 7.11 Å². The van der Waals surface area contributed by atoms with Crippen molar-refractivity contribution in [3.63, 3.8) is 0 Å². The van der Waals surface area contributed by atoms with Crippen molar-refractivity contribution in [2.45, 2.75) is 57.6 Å². The van der Waals surface area contributed by atoms with Crippen LogP contribution < -0.4 is 5.32 Å². The second-order valence-electron chi connectivity index (χ2n) is 4.58. The van der Waals surface area contributed by atoms with E-state index in [9.17, 15) is 4.79 Å². The summed E-state index contributed by atoms with van der Waals surface area (Å²) in [6, 6.07) is 0.552. The van der Waals surface area contributed by atoms with E-state index in [1.165, 1.54) is 19.3 Å². The van der Waals surface area contributed by atoms with Gasteiger partial charge in [0.1, 0.15) is 0 Å². The van der Waals surface area contributed by atoms with Crippen LogP contribution in [0.1, 0.15) is 45.4 Å². The minimum atomic E-state index is -0.0901. The minimum Gasteiger partial charge on any atom is -0.466 e. The molecule has 1 aliphatic carbocycles. The van der Waals surface area contributed by atoms with E-state index < -0.39 is 0 Å². The standard InChI is InChI=1S/C13H25NO3/c1-3-17-13(15)8-5-9-14-11-6-4-7-12(10-11)16-2/h11-12,14H,3-10H2,1-2H3. The van der Waals surface area contributed by atoms with Gasteiger partial charge in [0.15, 0.2) is 0 Å². The summed E-state index contributed by atoms with van der Waals surface area (Å²) in [7, 11) is 1.79. The van der Waals surface area contributed by atoms with Crippen molar-refractivity contribution < 1.29 is 14.3 Å². The number of hydrogen-bond acceptors (Lipinski definition) is 4. The molecule has 0 aromatic carbocycles. The molecule has 1 N–H and O–H groups in total. The van der Waals surface area contributed by atoms with Crippen molar-refractivity contribution in [1.82, 2.24) is 5.32 Å². The first kappa shape index (κ1) is 14.5.